The summed E-state index contributed by atoms with van der Waals surface area (Å²) in [4.78, 5) is 16.6. The fraction of sp³-hybridized carbons (Fsp3) is 0.412. The van der Waals surface area contributed by atoms with E-state index in [9.17, 15) is 4.79 Å². The number of aromatic nitrogens is 1. The van der Waals surface area contributed by atoms with Crippen LogP contribution in [-0.2, 0) is 4.79 Å². The Morgan fingerprint density at radius 1 is 1.10 bits per heavy atom. The number of anilines is 1. The molecule has 0 radical (unpaired) electrons. The number of benzene rings is 1. The van der Waals surface area contributed by atoms with Crippen molar-refractivity contribution in [1.29, 1.82) is 0 Å². The minimum Gasteiger partial charge on any atom is -0.302 e. The van der Waals surface area contributed by atoms with Crippen molar-refractivity contribution in [2.45, 2.75) is 41.5 Å². The number of hydrogen-bond acceptors (Lipinski definition) is 3. The lowest BCUT2D eigenvalue weighted by Crippen LogP contribution is -2.27. The van der Waals surface area contributed by atoms with Crippen LogP contribution in [0.1, 0.15) is 37.5 Å². The van der Waals surface area contributed by atoms with Crippen molar-refractivity contribution in [2.24, 2.45) is 5.41 Å². The van der Waals surface area contributed by atoms with Gasteiger partial charge in [0.1, 0.15) is 0 Å². The van der Waals surface area contributed by atoms with Crippen molar-refractivity contribution >= 4 is 22.4 Å². The summed E-state index contributed by atoms with van der Waals surface area (Å²) in [5, 5.41) is 5.54. The van der Waals surface area contributed by atoms with Crippen LogP contribution >= 0.6 is 11.3 Å². The monoisotopic (exact) mass is 302 g/mol. The molecule has 21 heavy (non-hydrogen) atoms. The quantitative estimate of drug-likeness (QED) is 0.872. The second-order valence-corrected chi connectivity index (χ2v) is 7.35. The van der Waals surface area contributed by atoms with Gasteiger partial charge < -0.3 is 5.32 Å². The predicted molar refractivity (Wildman–Crippen MR) is 89.8 cm³/mol. The molecular weight excluding hydrogens is 280 g/mol. The fourth-order valence-corrected chi connectivity index (χ4v) is 2.68. The lowest BCUT2D eigenvalue weighted by atomic mass is 9.96. The van der Waals surface area contributed by atoms with Crippen LogP contribution in [0, 0.1) is 26.2 Å². The summed E-state index contributed by atoms with van der Waals surface area (Å²) < 4.78 is 0. The highest BCUT2D eigenvalue weighted by molar-refractivity contribution is 7.14. The number of carbonyl (C=O) groups is 1. The second kappa shape index (κ2) is 5.60. The molecule has 0 aliphatic heterocycles. The minimum absolute atomic E-state index is 0.0137. The van der Waals surface area contributed by atoms with Crippen LogP contribution in [-0.4, -0.2) is 10.9 Å². The van der Waals surface area contributed by atoms with E-state index in [1.807, 2.05) is 26.2 Å². The van der Waals surface area contributed by atoms with Crippen LogP contribution in [0.2, 0.25) is 0 Å². The molecule has 1 aromatic heterocycles. The van der Waals surface area contributed by atoms with E-state index in [0.29, 0.717) is 5.13 Å². The summed E-state index contributed by atoms with van der Waals surface area (Å²) in [6.07, 6.45) is 0. The van der Waals surface area contributed by atoms with Crippen LogP contribution in [0.5, 0.6) is 0 Å². The van der Waals surface area contributed by atoms with E-state index < -0.39 is 5.41 Å². The summed E-state index contributed by atoms with van der Waals surface area (Å²) >= 11 is 1.46. The first-order chi connectivity index (χ1) is 9.68. The smallest absolute Gasteiger partial charge is 0.231 e. The SMILES string of the molecule is Cc1cc(C)c(-c2csc(NC(=O)C(C)(C)C)n2)cc1C. The van der Waals surface area contributed by atoms with Crippen LogP contribution in [0.25, 0.3) is 11.3 Å². The Kier molecular flexibility index (Phi) is 4.19. The van der Waals surface area contributed by atoms with E-state index in [1.54, 1.807) is 0 Å². The molecule has 2 aromatic rings. The largest absolute Gasteiger partial charge is 0.302 e. The average molecular weight is 302 g/mol. The lowest BCUT2D eigenvalue weighted by molar-refractivity contribution is -0.123. The third kappa shape index (κ3) is 3.50. The van der Waals surface area contributed by atoms with E-state index in [4.69, 9.17) is 0 Å². The summed E-state index contributed by atoms with van der Waals surface area (Å²) in [6.45, 7) is 12.0. The Balaban J connectivity index is 2.29. The van der Waals surface area contributed by atoms with E-state index >= 15 is 0 Å². The number of thiazole rings is 1. The first-order valence-electron chi connectivity index (χ1n) is 7.03. The molecule has 1 aromatic carbocycles. The van der Waals surface area contributed by atoms with E-state index in [0.717, 1.165) is 11.3 Å². The van der Waals surface area contributed by atoms with Crippen molar-refractivity contribution in [3.8, 4) is 11.3 Å². The van der Waals surface area contributed by atoms with E-state index in [2.05, 4.69) is 43.2 Å². The van der Waals surface area contributed by atoms with Crippen molar-refractivity contribution < 1.29 is 4.79 Å². The molecule has 0 atom stereocenters. The number of carbonyl (C=O) groups excluding carboxylic acids is 1. The van der Waals surface area contributed by atoms with Crippen LogP contribution in [0.3, 0.4) is 0 Å². The number of hydrogen-bond donors (Lipinski definition) is 1. The predicted octanol–water partition coefficient (Wildman–Crippen LogP) is 4.72. The Morgan fingerprint density at radius 3 is 2.33 bits per heavy atom. The highest BCUT2D eigenvalue weighted by atomic mass is 32.1. The van der Waals surface area contributed by atoms with Gasteiger partial charge in [-0.2, -0.15) is 0 Å². The van der Waals surface area contributed by atoms with Gasteiger partial charge >= 0.3 is 0 Å². The number of nitrogens with zero attached hydrogens (tertiary/aromatic N) is 1. The van der Waals surface area contributed by atoms with Gasteiger partial charge in [-0.1, -0.05) is 26.8 Å². The maximum atomic E-state index is 12.0. The van der Waals surface area contributed by atoms with Gasteiger partial charge in [-0.05, 0) is 43.5 Å². The molecule has 0 unspecified atom stereocenters. The maximum Gasteiger partial charge on any atom is 0.231 e. The van der Waals surface area contributed by atoms with Gasteiger partial charge in [0.15, 0.2) is 5.13 Å². The minimum atomic E-state index is -0.414. The van der Waals surface area contributed by atoms with Crippen LogP contribution in [0.4, 0.5) is 5.13 Å². The van der Waals surface area contributed by atoms with E-state index in [-0.39, 0.29) is 5.91 Å². The first-order valence-corrected chi connectivity index (χ1v) is 7.91. The molecule has 4 heteroatoms. The Hall–Kier alpha value is -1.68. The van der Waals surface area contributed by atoms with Crippen molar-refractivity contribution in [3.05, 3.63) is 34.2 Å². The average Bonchev–Trinajstić information content (AvgIpc) is 2.81. The zero-order valence-corrected chi connectivity index (χ0v) is 14.3. The Labute approximate surface area is 130 Å². The van der Waals surface area contributed by atoms with Crippen LogP contribution in [0.15, 0.2) is 17.5 Å². The molecule has 3 nitrogen and oxygen atoms in total. The van der Waals surface area contributed by atoms with Crippen molar-refractivity contribution in [2.75, 3.05) is 5.32 Å². The molecule has 0 fully saturated rings. The van der Waals surface area contributed by atoms with Crippen molar-refractivity contribution in [3.63, 3.8) is 0 Å². The van der Waals surface area contributed by atoms with E-state index in [1.165, 1.54) is 28.0 Å². The van der Waals surface area contributed by atoms with Gasteiger partial charge in [0.05, 0.1) is 5.69 Å². The third-order valence-corrected chi connectivity index (χ3v) is 4.28. The topological polar surface area (TPSA) is 42.0 Å². The molecule has 0 spiro atoms. The number of amides is 1. The molecular formula is C17H22N2OS. The normalized spacial score (nSPS) is 11.5. The van der Waals surface area contributed by atoms with Gasteiger partial charge in [0.2, 0.25) is 5.91 Å². The summed E-state index contributed by atoms with van der Waals surface area (Å²) in [5.41, 5.74) is 5.38. The lowest BCUT2D eigenvalue weighted by Gasteiger charge is -2.15. The molecule has 0 saturated carbocycles. The number of aryl methyl sites for hydroxylation is 3. The summed E-state index contributed by atoms with van der Waals surface area (Å²) in [7, 11) is 0. The maximum absolute atomic E-state index is 12.0. The Morgan fingerprint density at radius 2 is 1.71 bits per heavy atom. The molecule has 1 amide bonds. The van der Waals surface area contributed by atoms with Crippen molar-refractivity contribution in [1.82, 2.24) is 4.98 Å². The zero-order chi connectivity index (χ0) is 15.8. The van der Waals surface area contributed by atoms with Gasteiger partial charge in [-0.15, -0.1) is 11.3 Å². The number of rotatable bonds is 2. The summed E-state index contributed by atoms with van der Waals surface area (Å²) in [6, 6.07) is 4.34. The highest BCUT2D eigenvalue weighted by Gasteiger charge is 2.22. The number of nitrogens with one attached hydrogen (secondary N) is 1. The third-order valence-electron chi connectivity index (χ3n) is 3.52. The fourth-order valence-electron chi connectivity index (χ4n) is 1.98. The molecule has 0 aliphatic rings. The Bertz CT molecular complexity index is 681. The molecule has 0 aliphatic carbocycles. The van der Waals surface area contributed by atoms with Crippen LogP contribution < -0.4 is 5.32 Å². The van der Waals surface area contributed by atoms with Gasteiger partial charge in [0.25, 0.3) is 0 Å². The molecule has 1 N–H and O–H groups in total. The molecule has 1 heterocycles. The first kappa shape index (κ1) is 15.7. The molecule has 112 valence electrons. The highest BCUT2D eigenvalue weighted by Crippen LogP contribution is 2.30. The second-order valence-electron chi connectivity index (χ2n) is 6.49. The standard InChI is InChI=1S/C17H22N2OS/c1-10-7-12(3)13(8-11(10)2)14-9-21-16(18-14)19-15(20)17(4,5)6/h7-9H,1-6H3,(H,18,19,20). The van der Waals surface area contributed by atoms with Gasteiger partial charge in [-0.3, -0.25) is 4.79 Å². The molecule has 2 rings (SSSR count). The van der Waals surface area contributed by atoms with Gasteiger partial charge in [-0.25, -0.2) is 4.98 Å². The zero-order valence-electron chi connectivity index (χ0n) is 13.5. The summed E-state index contributed by atoms with van der Waals surface area (Å²) in [5.74, 6) is -0.0137. The molecule has 0 bridgehead atoms. The molecule has 0 saturated heterocycles. The van der Waals surface area contributed by atoms with Gasteiger partial charge in [0, 0.05) is 16.4 Å².